The molecule has 252 valence electrons. The highest BCUT2D eigenvalue weighted by Crippen LogP contribution is 2.44. The van der Waals surface area contributed by atoms with Crippen LogP contribution in [0.15, 0.2) is 186 Å². The van der Waals surface area contributed by atoms with E-state index in [2.05, 4.69) is 114 Å². The van der Waals surface area contributed by atoms with Gasteiger partial charge in [0.1, 0.15) is 5.58 Å². The Morgan fingerprint density at radius 1 is 0.407 bits per heavy atom. The molecule has 0 saturated carbocycles. The van der Waals surface area contributed by atoms with Gasteiger partial charge in [0.15, 0.2) is 23.1 Å². The van der Waals surface area contributed by atoms with Crippen molar-refractivity contribution in [2.45, 2.75) is 0 Å². The monoisotopic (exact) mass is 690 g/mol. The summed E-state index contributed by atoms with van der Waals surface area (Å²) in [7, 11) is 0. The van der Waals surface area contributed by atoms with Crippen LogP contribution in [-0.4, -0.2) is 19.5 Å². The van der Waals surface area contributed by atoms with Crippen molar-refractivity contribution in [3.63, 3.8) is 0 Å². The third-order valence-corrected chi connectivity index (χ3v) is 10.4. The van der Waals surface area contributed by atoms with Crippen molar-refractivity contribution in [2.75, 3.05) is 0 Å². The Balaban J connectivity index is 1.23. The van der Waals surface area contributed by atoms with Gasteiger partial charge in [0, 0.05) is 43.6 Å². The number of para-hydroxylation sites is 1. The highest BCUT2D eigenvalue weighted by atomic mass is 16.3. The summed E-state index contributed by atoms with van der Waals surface area (Å²) in [5.74, 6) is 1.83. The van der Waals surface area contributed by atoms with Gasteiger partial charge in [-0.05, 0) is 46.8 Å². The Hall–Kier alpha value is -7.37. The molecular formula is C49H30N4O. The molecule has 0 spiro atoms. The second-order valence-corrected chi connectivity index (χ2v) is 13.6. The first-order valence-electron chi connectivity index (χ1n) is 18.1. The third-order valence-electron chi connectivity index (χ3n) is 10.4. The molecule has 0 unspecified atom stereocenters. The molecule has 0 N–H and O–H groups in total. The number of fused-ring (bicyclic) bond motifs is 8. The molecule has 0 bridgehead atoms. The van der Waals surface area contributed by atoms with Crippen LogP contribution in [0.5, 0.6) is 0 Å². The lowest BCUT2D eigenvalue weighted by Gasteiger charge is -2.13. The lowest BCUT2D eigenvalue weighted by molar-refractivity contribution is 0.666. The van der Waals surface area contributed by atoms with E-state index in [4.69, 9.17) is 19.4 Å². The molecule has 0 saturated heterocycles. The molecule has 5 heteroatoms. The van der Waals surface area contributed by atoms with E-state index in [-0.39, 0.29) is 0 Å². The molecule has 3 heterocycles. The first-order valence-corrected chi connectivity index (χ1v) is 18.1. The number of hydrogen-bond acceptors (Lipinski definition) is 4. The molecule has 0 amide bonds. The van der Waals surface area contributed by atoms with Gasteiger partial charge in [-0.3, -0.25) is 0 Å². The second kappa shape index (κ2) is 12.1. The van der Waals surface area contributed by atoms with Crippen molar-refractivity contribution in [1.29, 1.82) is 0 Å². The molecule has 11 rings (SSSR count). The summed E-state index contributed by atoms with van der Waals surface area (Å²) in [5, 5.41) is 6.70. The van der Waals surface area contributed by atoms with Crippen LogP contribution >= 0.6 is 0 Å². The van der Waals surface area contributed by atoms with Crippen LogP contribution in [-0.2, 0) is 0 Å². The average Bonchev–Trinajstić information content (AvgIpc) is 3.81. The molecule has 0 fully saturated rings. The Labute approximate surface area is 310 Å². The Morgan fingerprint density at radius 2 is 1.02 bits per heavy atom. The fourth-order valence-electron chi connectivity index (χ4n) is 7.95. The molecule has 0 aliphatic carbocycles. The van der Waals surface area contributed by atoms with E-state index in [1.165, 1.54) is 32.7 Å². The molecular weight excluding hydrogens is 661 g/mol. The number of rotatable bonds is 5. The normalized spacial score (nSPS) is 11.7. The quantitative estimate of drug-likeness (QED) is 0.180. The molecule has 3 aromatic heterocycles. The smallest absolute Gasteiger partial charge is 0.164 e. The van der Waals surface area contributed by atoms with Crippen molar-refractivity contribution in [3.05, 3.63) is 182 Å². The summed E-state index contributed by atoms with van der Waals surface area (Å²) in [6.07, 6.45) is 0. The molecule has 0 atom stereocenters. The van der Waals surface area contributed by atoms with E-state index < -0.39 is 0 Å². The van der Waals surface area contributed by atoms with Gasteiger partial charge in [-0.15, -0.1) is 0 Å². The van der Waals surface area contributed by atoms with Gasteiger partial charge in [0.2, 0.25) is 0 Å². The summed E-state index contributed by atoms with van der Waals surface area (Å²) in [4.78, 5) is 15.2. The van der Waals surface area contributed by atoms with Gasteiger partial charge < -0.3 is 8.98 Å². The maximum atomic E-state index is 6.91. The molecule has 0 aliphatic heterocycles. The summed E-state index contributed by atoms with van der Waals surface area (Å²) in [6, 6.07) is 63.2. The highest BCUT2D eigenvalue weighted by Gasteiger charge is 2.24. The van der Waals surface area contributed by atoms with Crippen LogP contribution in [0.1, 0.15) is 0 Å². The van der Waals surface area contributed by atoms with Crippen molar-refractivity contribution < 1.29 is 4.42 Å². The standard InChI is InChI=1S/C49H30N4O/c1-4-14-31(15-5-1)35-25-28-41-40(30-35)37-26-24-32-16-10-11-21-36(32)45(37)53(41)42-29-27-39(44-38-22-12-13-23-43(38)54-46(42)44)49-51-47(33-17-6-2-7-18-33)50-48(52-49)34-19-8-3-9-20-34/h1-30H. The van der Waals surface area contributed by atoms with Gasteiger partial charge in [0.05, 0.1) is 16.7 Å². The van der Waals surface area contributed by atoms with Crippen LogP contribution in [0.2, 0.25) is 0 Å². The van der Waals surface area contributed by atoms with E-state index >= 15 is 0 Å². The Kier molecular flexibility index (Phi) is 6.79. The molecule has 11 aromatic rings. The van der Waals surface area contributed by atoms with Crippen LogP contribution in [0, 0.1) is 0 Å². The molecule has 0 aliphatic rings. The summed E-state index contributed by atoms with van der Waals surface area (Å²) in [6.45, 7) is 0. The molecule has 0 radical (unpaired) electrons. The second-order valence-electron chi connectivity index (χ2n) is 13.6. The van der Waals surface area contributed by atoms with Crippen molar-refractivity contribution in [2.24, 2.45) is 0 Å². The van der Waals surface area contributed by atoms with Gasteiger partial charge in [0.25, 0.3) is 0 Å². The van der Waals surface area contributed by atoms with E-state index in [9.17, 15) is 0 Å². The van der Waals surface area contributed by atoms with Gasteiger partial charge in [-0.25, -0.2) is 15.0 Å². The molecule has 8 aromatic carbocycles. The lowest BCUT2D eigenvalue weighted by atomic mass is 10.0. The van der Waals surface area contributed by atoms with Gasteiger partial charge >= 0.3 is 0 Å². The SMILES string of the molecule is c1ccc(-c2ccc3c(c2)c2ccc4ccccc4c2n3-c2ccc(-c3nc(-c4ccccc4)nc(-c4ccccc4)n3)c3c2oc2ccccc23)cc1. The number of aromatic nitrogens is 4. The van der Waals surface area contributed by atoms with Crippen LogP contribution in [0.4, 0.5) is 0 Å². The van der Waals surface area contributed by atoms with Crippen molar-refractivity contribution in [1.82, 2.24) is 19.5 Å². The number of hydrogen-bond donors (Lipinski definition) is 0. The van der Waals surface area contributed by atoms with Crippen molar-refractivity contribution >= 4 is 54.5 Å². The Morgan fingerprint density at radius 3 is 1.74 bits per heavy atom. The fourth-order valence-corrected chi connectivity index (χ4v) is 7.95. The predicted molar refractivity (Wildman–Crippen MR) is 221 cm³/mol. The van der Waals surface area contributed by atoms with E-state index in [1.807, 2.05) is 72.8 Å². The number of nitrogens with zero attached hydrogens (tertiary/aromatic N) is 4. The van der Waals surface area contributed by atoms with E-state index in [1.54, 1.807) is 0 Å². The topological polar surface area (TPSA) is 56.7 Å². The number of benzene rings is 8. The number of furan rings is 1. The summed E-state index contributed by atoms with van der Waals surface area (Å²) < 4.78 is 9.29. The maximum Gasteiger partial charge on any atom is 0.164 e. The first kappa shape index (κ1) is 30.3. The van der Waals surface area contributed by atoms with E-state index in [0.29, 0.717) is 17.5 Å². The largest absolute Gasteiger partial charge is 0.454 e. The maximum absolute atomic E-state index is 6.91. The van der Waals surface area contributed by atoms with Gasteiger partial charge in [-0.1, -0.05) is 152 Å². The fraction of sp³-hybridized carbons (Fsp3) is 0. The predicted octanol–water partition coefficient (Wildman–Crippen LogP) is 12.7. The lowest BCUT2D eigenvalue weighted by Crippen LogP contribution is -2.01. The zero-order valence-electron chi connectivity index (χ0n) is 29.0. The van der Waals surface area contributed by atoms with Gasteiger partial charge in [-0.2, -0.15) is 0 Å². The highest BCUT2D eigenvalue weighted by molar-refractivity contribution is 6.21. The minimum atomic E-state index is 0.589. The minimum Gasteiger partial charge on any atom is -0.454 e. The first-order chi connectivity index (χ1) is 26.8. The summed E-state index contributed by atoms with van der Waals surface area (Å²) in [5.41, 5.74) is 9.88. The summed E-state index contributed by atoms with van der Waals surface area (Å²) >= 11 is 0. The zero-order chi connectivity index (χ0) is 35.6. The molecule has 5 nitrogen and oxygen atoms in total. The van der Waals surface area contributed by atoms with Crippen molar-refractivity contribution in [3.8, 4) is 51.0 Å². The third kappa shape index (κ3) is 4.76. The van der Waals surface area contributed by atoms with E-state index in [0.717, 1.165) is 55.3 Å². The molecule has 54 heavy (non-hydrogen) atoms. The van der Waals surface area contributed by atoms with Crippen LogP contribution < -0.4 is 0 Å². The minimum absolute atomic E-state index is 0.589. The van der Waals surface area contributed by atoms with Crippen LogP contribution in [0.25, 0.3) is 105 Å². The van der Waals surface area contributed by atoms with Crippen LogP contribution in [0.3, 0.4) is 0 Å². The Bertz CT molecular complexity index is 3140. The average molecular weight is 691 g/mol. The zero-order valence-corrected chi connectivity index (χ0v) is 29.0.